The minimum atomic E-state index is 0.0699. The quantitative estimate of drug-likeness (QED) is 0.907. The third-order valence-corrected chi connectivity index (χ3v) is 3.50. The summed E-state index contributed by atoms with van der Waals surface area (Å²) in [6.45, 7) is 5.07. The molecule has 1 aromatic heterocycles. The fourth-order valence-corrected chi connectivity index (χ4v) is 2.12. The average Bonchev–Trinajstić information content (AvgIpc) is 2.71. The summed E-state index contributed by atoms with van der Waals surface area (Å²) in [4.78, 5) is 0. The largest absolute Gasteiger partial charge is 0.479 e. The summed E-state index contributed by atoms with van der Waals surface area (Å²) in [5.74, 6) is 0.706. The number of hydrogen-bond acceptors (Lipinski definition) is 3. The number of aryl methyl sites for hydroxylation is 1. The Morgan fingerprint density at radius 3 is 2.75 bits per heavy atom. The Bertz CT molecular complexity index is 638. The molecular formula is C16H19N3O. The Balaban J connectivity index is 2.03. The molecule has 1 heterocycles. The molecular weight excluding hydrogens is 250 g/mol. The van der Waals surface area contributed by atoms with Gasteiger partial charge in [-0.15, -0.1) is 0 Å². The van der Waals surface area contributed by atoms with E-state index in [1.165, 1.54) is 17.0 Å². The van der Waals surface area contributed by atoms with Crippen LogP contribution < -0.4 is 10.1 Å². The lowest BCUT2D eigenvalue weighted by Crippen LogP contribution is -2.02. The van der Waals surface area contributed by atoms with Gasteiger partial charge in [-0.05, 0) is 37.6 Å². The highest BCUT2D eigenvalue weighted by Crippen LogP contribution is 2.19. The number of nitrogens with one attached hydrogen (secondary N) is 1. The van der Waals surface area contributed by atoms with Crippen molar-refractivity contribution in [1.82, 2.24) is 4.57 Å². The molecule has 4 heteroatoms. The van der Waals surface area contributed by atoms with Crippen LogP contribution in [0.1, 0.15) is 17.0 Å². The van der Waals surface area contributed by atoms with Crippen molar-refractivity contribution < 1.29 is 4.74 Å². The van der Waals surface area contributed by atoms with E-state index in [1.54, 1.807) is 0 Å². The Labute approximate surface area is 119 Å². The van der Waals surface area contributed by atoms with E-state index in [1.807, 2.05) is 30.3 Å². The smallest absolute Gasteiger partial charge is 0.174 e. The van der Waals surface area contributed by atoms with Crippen LogP contribution in [0.4, 0.5) is 5.69 Å². The SMILES string of the molecule is Cc1cc(CNc2cccc(OCC#N)c2)c(C)n1C. The molecule has 0 amide bonds. The Kier molecular flexibility index (Phi) is 4.31. The van der Waals surface area contributed by atoms with Crippen molar-refractivity contribution in [3.8, 4) is 11.8 Å². The maximum atomic E-state index is 8.51. The van der Waals surface area contributed by atoms with E-state index in [-0.39, 0.29) is 6.61 Å². The first kappa shape index (κ1) is 14.0. The van der Waals surface area contributed by atoms with Crippen LogP contribution in [0.5, 0.6) is 5.75 Å². The third kappa shape index (κ3) is 3.12. The van der Waals surface area contributed by atoms with E-state index in [9.17, 15) is 0 Å². The van der Waals surface area contributed by atoms with Crippen LogP contribution in [-0.4, -0.2) is 11.2 Å². The van der Waals surface area contributed by atoms with Crippen molar-refractivity contribution in [2.24, 2.45) is 7.05 Å². The number of ether oxygens (including phenoxy) is 1. The number of anilines is 1. The van der Waals surface area contributed by atoms with E-state index in [0.717, 1.165) is 12.2 Å². The van der Waals surface area contributed by atoms with Gasteiger partial charge >= 0.3 is 0 Å². The number of hydrogen-bond donors (Lipinski definition) is 1. The van der Waals surface area contributed by atoms with Crippen LogP contribution in [0.3, 0.4) is 0 Å². The lowest BCUT2D eigenvalue weighted by atomic mass is 10.2. The fraction of sp³-hybridized carbons (Fsp3) is 0.312. The number of benzene rings is 1. The highest BCUT2D eigenvalue weighted by atomic mass is 16.5. The molecule has 20 heavy (non-hydrogen) atoms. The van der Waals surface area contributed by atoms with Crippen molar-refractivity contribution in [2.75, 3.05) is 11.9 Å². The molecule has 0 aliphatic heterocycles. The fourth-order valence-electron chi connectivity index (χ4n) is 2.12. The zero-order valence-electron chi connectivity index (χ0n) is 12.1. The van der Waals surface area contributed by atoms with Gasteiger partial charge in [-0.2, -0.15) is 5.26 Å². The van der Waals surface area contributed by atoms with Gasteiger partial charge in [-0.3, -0.25) is 0 Å². The maximum Gasteiger partial charge on any atom is 0.174 e. The summed E-state index contributed by atoms with van der Waals surface area (Å²) in [5, 5.41) is 11.9. The molecule has 2 aromatic rings. The Morgan fingerprint density at radius 1 is 1.30 bits per heavy atom. The minimum Gasteiger partial charge on any atom is -0.479 e. The van der Waals surface area contributed by atoms with E-state index in [2.05, 4.69) is 36.8 Å². The number of aromatic nitrogens is 1. The maximum absolute atomic E-state index is 8.51. The summed E-state index contributed by atoms with van der Waals surface area (Å²) >= 11 is 0. The molecule has 2 rings (SSSR count). The summed E-state index contributed by atoms with van der Waals surface area (Å²) in [7, 11) is 2.07. The van der Waals surface area contributed by atoms with Crippen LogP contribution in [0.2, 0.25) is 0 Å². The lowest BCUT2D eigenvalue weighted by Gasteiger charge is -2.09. The van der Waals surface area contributed by atoms with Gasteiger partial charge in [0.05, 0.1) is 0 Å². The van der Waals surface area contributed by atoms with Gasteiger partial charge < -0.3 is 14.6 Å². The van der Waals surface area contributed by atoms with Gasteiger partial charge in [-0.25, -0.2) is 0 Å². The second kappa shape index (κ2) is 6.16. The van der Waals surface area contributed by atoms with Gasteiger partial charge in [-0.1, -0.05) is 6.07 Å². The van der Waals surface area contributed by atoms with Crippen molar-refractivity contribution in [2.45, 2.75) is 20.4 Å². The molecule has 1 aromatic carbocycles. The van der Waals surface area contributed by atoms with Crippen molar-refractivity contribution >= 4 is 5.69 Å². The zero-order chi connectivity index (χ0) is 14.5. The van der Waals surface area contributed by atoms with Crippen molar-refractivity contribution in [3.05, 3.63) is 47.3 Å². The summed E-state index contributed by atoms with van der Waals surface area (Å²) in [6.07, 6.45) is 0. The normalized spacial score (nSPS) is 10.1. The summed E-state index contributed by atoms with van der Waals surface area (Å²) in [6, 6.07) is 11.8. The van der Waals surface area contributed by atoms with Gasteiger partial charge in [0.15, 0.2) is 6.61 Å². The summed E-state index contributed by atoms with van der Waals surface area (Å²) in [5.41, 5.74) is 4.80. The van der Waals surface area contributed by atoms with Gasteiger partial charge in [0, 0.05) is 36.7 Å². The van der Waals surface area contributed by atoms with Crippen LogP contribution in [0.15, 0.2) is 30.3 Å². The third-order valence-electron chi connectivity index (χ3n) is 3.50. The first-order chi connectivity index (χ1) is 9.61. The van der Waals surface area contributed by atoms with Gasteiger partial charge in [0.2, 0.25) is 0 Å². The molecule has 0 unspecified atom stereocenters. The topological polar surface area (TPSA) is 50.0 Å². The molecule has 4 nitrogen and oxygen atoms in total. The van der Waals surface area contributed by atoms with Crippen LogP contribution in [0.25, 0.3) is 0 Å². The molecule has 0 spiro atoms. The molecule has 0 aliphatic rings. The lowest BCUT2D eigenvalue weighted by molar-refractivity contribution is 0.368. The number of nitriles is 1. The molecule has 0 aliphatic carbocycles. The van der Waals surface area contributed by atoms with Gasteiger partial charge in [0.25, 0.3) is 0 Å². The molecule has 0 fully saturated rings. The molecule has 104 valence electrons. The van der Waals surface area contributed by atoms with E-state index in [4.69, 9.17) is 10.00 Å². The molecule has 0 saturated heterocycles. The van der Waals surface area contributed by atoms with Crippen molar-refractivity contribution in [3.63, 3.8) is 0 Å². The second-order valence-electron chi connectivity index (χ2n) is 4.78. The summed E-state index contributed by atoms with van der Waals surface area (Å²) < 4.78 is 7.47. The van der Waals surface area contributed by atoms with Gasteiger partial charge in [0.1, 0.15) is 11.8 Å². The Morgan fingerprint density at radius 2 is 2.10 bits per heavy atom. The number of rotatable bonds is 5. The van der Waals surface area contributed by atoms with E-state index < -0.39 is 0 Å². The zero-order valence-corrected chi connectivity index (χ0v) is 12.1. The highest BCUT2D eigenvalue weighted by molar-refractivity contribution is 5.49. The highest BCUT2D eigenvalue weighted by Gasteiger charge is 2.05. The van der Waals surface area contributed by atoms with E-state index >= 15 is 0 Å². The molecule has 0 saturated carbocycles. The predicted molar refractivity (Wildman–Crippen MR) is 79.8 cm³/mol. The van der Waals surface area contributed by atoms with Crippen molar-refractivity contribution in [1.29, 1.82) is 5.26 Å². The van der Waals surface area contributed by atoms with Crippen LogP contribution in [-0.2, 0) is 13.6 Å². The first-order valence-electron chi connectivity index (χ1n) is 6.57. The second-order valence-corrected chi connectivity index (χ2v) is 4.78. The molecule has 0 bridgehead atoms. The van der Waals surface area contributed by atoms with E-state index in [0.29, 0.717) is 5.75 Å². The Hall–Kier alpha value is -2.41. The standard InChI is InChI=1S/C16H19N3O/c1-12-9-14(13(2)19(12)3)11-18-15-5-4-6-16(10-15)20-8-7-17/h4-6,9-10,18H,8,11H2,1-3H3. The first-order valence-corrected chi connectivity index (χ1v) is 6.57. The minimum absolute atomic E-state index is 0.0699. The predicted octanol–water partition coefficient (Wildman–Crippen LogP) is 3.16. The molecule has 0 atom stereocenters. The van der Waals surface area contributed by atoms with Crippen LogP contribution >= 0.6 is 0 Å². The molecule has 1 N–H and O–H groups in total. The average molecular weight is 269 g/mol. The molecule has 0 radical (unpaired) electrons. The monoisotopic (exact) mass is 269 g/mol. The number of nitrogens with zero attached hydrogens (tertiary/aromatic N) is 2. The van der Waals surface area contributed by atoms with Crippen LogP contribution in [0, 0.1) is 25.2 Å².